The second kappa shape index (κ2) is 6.23. The molecule has 1 amide bonds. The number of rotatable bonds is 4. The molecule has 2 rings (SSSR count). The summed E-state index contributed by atoms with van der Waals surface area (Å²) in [5.41, 5.74) is 1.13. The first-order valence-corrected chi connectivity index (χ1v) is 6.51. The van der Waals surface area contributed by atoms with Gasteiger partial charge in [-0.1, -0.05) is 6.92 Å². The third-order valence-electron chi connectivity index (χ3n) is 2.98. The predicted molar refractivity (Wildman–Crippen MR) is 72.9 cm³/mol. The Hall–Kier alpha value is -1.78. The summed E-state index contributed by atoms with van der Waals surface area (Å²) in [4.78, 5) is 17.8. The van der Waals surface area contributed by atoms with Crippen molar-refractivity contribution in [1.82, 2.24) is 10.3 Å². The molecule has 1 aliphatic rings. The number of nitrogens with one attached hydrogen (secondary N) is 2. The molecule has 0 radical (unpaired) electrons. The van der Waals surface area contributed by atoms with Gasteiger partial charge in [0.05, 0.1) is 0 Å². The predicted octanol–water partition coefficient (Wildman–Crippen LogP) is 1.23. The molecule has 0 unspecified atom stereocenters. The number of nitrogens with zero attached hydrogens (tertiary/aromatic N) is 2. The third kappa shape index (κ3) is 3.35. The lowest BCUT2D eigenvalue weighted by molar-refractivity contribution is -0.120. The van der Waals surface area contributed by atoms with Crippen LogP contribution in [0.2, 0.25) is 0 Å². The summed E-state index contributed by atoms with van der Waals surface area (Å²) in [6, 6.07) is 4.04. The Labute approximate surface area is 108 Å². The van der Waals surface area contributed by atoms with Gasteiger partial charge in [0.1, 0.15) is 5.82 Å². The number of hydrogen-bond donors (Lipinski definition) is 2. The molecule has 5 heteroatoms. The summed E-state index contributed by atoms with van der Waals surface area (Å²) < 4.78 is 0. The van der Waals surface area contributed by atoms with Crippen LogP contribution >= 0.6 is 0 Å². The van der Waals surface area contributed by atoms with Crippen LogP contribution in [0, 0.1) is 0 Å². The average Bonchev–Trinajstić information content (AvgIpc) is 2.61. The van der Waals surface area contributed by atoms with E-state index in [9.17, 15) is 4.79 Å². The Morgan fingerprint density at radius 1 is 1.50 bits per heavy atom. The normalized spacial score (nSPS) is 16.1. The highest BCUT2D eigenvalue weighted by Crippen LogP contribution is 2.18. The second-order valence-electron chi connectivity index (χ2n) is 4.41. The molecule has 1 aromatic heterocycles. The number of pyridine rings is 1. The summed E-state index contributed by atoms with van der Waals surface area (Å²) in [5.74, 6) is 1.04. The molecule has 1 saturated heterocycles. The Morgan fingerprint density at radius 2 is 2.39 bits per heavy atom. The van der Waals surface area contributed by atoms with E-state index in [1.54, 1.807) is 0 Å². The minimum atomic E-state index is 0.135. The van der Waals surface area contributed by atoms with Crippen LogP contribution in [0.25, 0.3) is 0 Å². The van der Waals surface area contributed by atoms with Gasteiger partial charge in [0.25, 0.3) is 0 Å². The van der Waals surface area contributed by atoms with Crippen LogP contribution in [-0.4, -0.2) is 37.1 Å². The molecule has 1 aliphatic heterocycles. The Morgan fingerprint density at radius 3 is 3.22 bits per heavy atom. The van der Waals surface area contributed by atoms with Crippen LogP contribution in [0.15, 0.2) is 18.3 Å². The second-order valence-corrected chi connectivity index (χ2v) is 4.41. The van der Waals surface area contributed by atoms with E-state index in [0.717, 1.165) is 37.6 Å². The molecule has 0 saturated carbocycles. The Kier molecular flexibility index (Phi) is 4.39. The summed E-state index contributed by atoms with van der Waals surface area (Å²) in [6.45, 7) is 5.38. The van der Waals surface area contributed by atoms with Crippen LogP contribution in [0.5, 0.6) is 0 Å². The van der Waals surface area contributed by atoms with E-state index in [4.69, 9.17) is 0 Å². The smallest absolute Gasteiger partial charge is 0.221 e. The maximum atomic E-state index is 11.3. The van der Waals surface area contributed by atoms with Crippen LogP contribution in [0.4, 0.5) is 11.5 Å². The molecule has 1 fully saturated rings. The van der Waals surface area contributed by atoms with E-state index in [-0.39, 0.29) is 5.91 Å². The van der Waals surface area contributed by atoms with Gasteiger partial charge in [0, 0.05) is 50.6 Å². The van der Waals surface area contributed by atoms with E-state index in [1.165, 1.54) is 0 Å². The van der Waals surface area contributed by atoms with Gasteiger partial charge < -0.3 is 15.5 Å². The number of hydrogen-bond acceptors (Lipinski definition) is 4. The quantitative estimate of drug-likeness (QED) is 0.841. The van der Waals surface area contributed by atoms with Crippen LogP contribution in [0.3, 0.4) is 0 Å². The molecule has 0 atom stereocenters. The van der Waals surface area contributed by atoms with E-state index >= 15 is 0 Å². The summed E-state index contributed by atoms with van der Waals surface area (Å²) >= 11 is 0. The maximum Gasteiger partial charge on any atom is 0.221 e. The highest BCUT2D eigenvalue weighted by atomic mass is 16.1. The molecule has 0 spiro atoms. The van der Waals surface area contributed by atoms with Crippen molar-refractivity contribution < 1.29 is 4.79 Å². The van der Waals surface area contributed by atoms with Crippen molar-refractivity contribution in [3.63, 3.8) is 0 Å². The molecule has 0 aromatic carbocycles. The van der Waals surface area contributed by atoms with Crippen molar-refractivity contribution in [2.24, 2.45) is 0 Å². The van der Waals surface area contributed by atoms with Crippen molar-refractivity contribution >= 4 is 17.4 Å². The molecule has 5 nitrogen and oxygen atoms in total. The standard InChI is InChI=1S/C13H20N4O/c1-2-5-14-12-10-11(3-6-15-12)17-8-4-13(18)16-7-9-17/h3,6,10H,2,4-5,7-9H2,1H3,(H,14,15)(H,16,18). The van der Waals surface area contributed by atoms with E-state index < -0.39 is 0 Å². The van der Waals surface area contributed by atoms with Gasteiger partial charge in [-0.05, 0) is 12.5 Å². The number of aromatic nitrogens is 1. The summed E-state index contributed by atoms with van der Waals surface area (Å²) in [7, 11) is 0. The molecule has 0 aliphatic carbocycles. The fourth-order valence-electron chi connectivity index (χ4n) is 1.99. The van der Waals surface area contributed by atoms with E-state index in [1.807, 2.05) is 18.3 Å². The van der Waals surface area contributed by atoms with Crippen molar-refractivity contribution in [2.45, 2.75) is 19.8 Å². The SMILES string of the molecule is CCCNc1cc(N2CCNC(=O)CC2)ccn1. The van der Waals surface area contributed by atoms with Gasteiger partial charge in [0.15, 0.2) is 0 Å². The third-order valence-corrected chi connectivity index (χ3v) is 2.98. The van der Waals surface area contributed by atoms with Gasteiger partial charge in [-0.2, -0.15) is 0 Å². The molecule has 98 valence electrons. The first kappa shape index (κ1) is 12.7. The zero-order valence-corrected chi connectivity index (χ0v) is 10.8. The van der Waals surface area contributed by atoms with Crippen molar-refractivity contribution in [1.29, 1.82) is 0 Å². The first-order chi connectivity index (χ1) is 8.79. The number of carbonyl (C=O) groups excluding carboxylic acids is 1. The van der Waals surface area contributed by atoms with Crippen LogP contribution in [0.1, 0.15) is 19.8 Å². The Bertz CT molecular complexity index is 408. The molecule has 2 N–H and O–H groups in total. The molecular weight excluding hydrogens is 228 g/mol. The first-order valence-electron chi connectivity index (χ1n) is 6.51. The van der Waals surface area contributed by atoms with Gasteiger partial charge in [0.2, 0.25) is 5.91 Å². The zero-order chi connectivity index (χ0) is 12.8. The van der Waals surface area contributed by atoms with Gasteiger partial charge >= 0.3 is 0 Å². The molecular formula is C13H20N4O. The molecule has 18 heavy (non-hydrogen) atoms. The average molecular weight is 248 g/mol. The van der Waals surface area contributed by atoms with Crippen molar-refractivity contribution in [2.75, 3.05) is 36.4 Å². The van der Waals surface area contributed by atoms with Gasteiger partial charge in [-0.3, -0.25) is 4.79 Å². The monoisotopic (exact) mass is 248 g/mol. The lowest BCUT2D eigenvalue weighted by Gasteiger charge is -2.22. The topological polar surface area (TPSA) is 57.3 Å². The molecule has 2 heterocycles. The molecule has 0 bridgehead atoms. The summed E-state index contributed by atoms with van der Waals surface area (Å²) in [5, 5.41) is 6.16. The van der Waals surface area contributed by atoms with Crippen molar-refractivity contribution in [3.05, 3.63) is 18.3 Å². The summed E-state index contributed by atoms with van der Waals surface area (Å²) in [6.07, 6.45) is 3.45. The molecule has 1 aromatic rings. The fourth-order valence-corrected chi connectivity index (χ4v) is 1.99. The zero-order valence-electron chi connectivity index (χ0n) is 10.8. The largest absolute Gasteiger partial charge is 0.370 e. The lowest BCUT2D eigenvalue weighted by atomic mass is 10.3. The van der Waals surface area contributed by atoms with E-state index in [2.05, 4.69) is 27.4 Å². The van der Waals surface area contributed by atoms with E-state index in [0.29, 0.717) is 13.0 Å². The van der Waals surface area contributed by atoms with Crippen molar-refractivity contribution in [3.8, 4) is 0 Å². The highest BCUT2D eigenvalue weighted by molar-refractivity contribution is 5.77. The highest BCUT2D eigenvalue weighted by Gasteiger charge is 2.14. The Balaban J connectivity index is 2.04. The van der Waals surface area contributed by atoms with Crippen LogP contribution < -0.4 is 15.5 Å². The number of amides is 1. The minimum Gasteiger partial charge on any atom is -0.370 e. The lowest BCUT2D eigenvalue weighted by Crippen LogP contribution is -2.28. The number of carbonyl (C=O) groups is 1. The van der Waals surface area contributed by atoms with Gasteiger partial charge in [-0.15, -0.1) is 0 Å². The maximum absolute atomic E-state index is 11.3. The van der Waals surface area contributed by atoms with Gasteiger partial charge in [-0.25, -0.2) is 4.98 Å². The number of anilines is 2. The van der Waals surface area contributed by atoms with Crippen LogP contribution in [-0.2, 0) is 4.79 Å². The fraction of sp³-hybridized carbons (Fsp3) is 0.538. The minimum absolute atomic E-state index is 0.135.